The largest absolute Gasteiger partial charge is 0.461 e. The molecule has 1 N–H and O–H groups in total. The predicted octanol–water partition coefficient (Wildman–Crippen LogP) is 4.97. The van der Waals surface area contributed by atoms with E-state index < -0.39 is 5.97 Å². The van der Waals surface area contributed by atoms with Crippen molar-refractivity contribution in [2.45, 2.75) is 38.4 Å². The number of aromatic amines is 1. The number of nitrogens with zero attached hydrogens (tertiary/aromatic N) is 6. The van der Waals surface area contributed by atoms with E-state index in [-0.39, 0.29) is 0 Å². The summed E-state index contributed by atoms with van der Waals surface area (Å²) in [6, 6.07) is 16.5. The third-order valence-electron chi connectivity index (χ3n) is 5.91. The number of tetrazole rings is 1. The Labute approximate surface area is 215 Å². The highest BCUT2D eigenvalue weighted by Gasteiger charge is 2.26. The number of benzene rings is 2. The summed E-state index contributed by atoms with van der Waals surface area (Å²) in [6.07, 6.45) is 4.01. The first-order valence-corrected chi connectivity index (χ1v) is 13.2. The van der Waals surface area contributed by atoms with E-state index in [1.807, 2.05) is 43.0 Å². The number of carbonyl (C=O) groups excluding carboxylic acids is 1. The van der Waals surface area contributed by atoms with E-state index in [0.717, 1.165) is 52.6 Å². The van der Waals surface area contributed by atoms with Gasteiger partial charge >= 0.3 is 5.97 Å². The van der Waals surface area contributed by atoms with Gasteiger partial charge in [0.2, 0.25) is 5.82 Å². The summed E-state index contributed by atoms with van der Waals surface area (Å²) >= 11 is 1.51. The lowest BCUT2D eigenvalue weighted by atomic mass is 9.98. The molecule has 9 nitrogen and oxygen atoms in total. The summed E-state index contributed by atoms with van der Waals surface area (Å²) in [5, 5.41) is 15.3. The average Bonchev–Trinajstić information content (AvgIpc) is 3.55. The van der Waals surface area contributed by atoms with Crippen molar-refractivity contribution in [3.63, 3.8) is 0 Å². The summed E-state index contributed by atoms with van der Waals surface area (Å²) in [5.74, 6) is 0.962. The van der Waals surface area contributed by atoms with Gasteiger partial charge in [0.15, 0.2) is 10.9 Å². The Morgan fingerprint density at radius 2 is 1.86 bits per heavy atom. The van der Waals surface area contributed by atoms with E-state index in [4.69, 9.17) is 4.74 Å². The van der Waals surface area contributed by atoms with Crippen LogP contribution in [0.5, 0.6) is 0 Å². The quantitative estimate of drug-likeness (QED) is 0.225. The molecule has 2 aromatic heterocycles. The van der Waals surface area contributed by atoms with Gasteiger partial charge in [-0.15, -0.1) is 10.2 Å². The summed E-state index contributed by atoms with van der Waals surface area (Å²) in [5.41, 5.74) is 4.52. The molecular formula is C26H31N7O2S. The molecule has 36 heavy (non-hydrogen) atoms. The molecule has 0 bridgehead atoms. The van der Waals surface area contributed by atoms with Crippen molar-refractivity contribution in [3.05, 3.63) is 59.8 Å². The summed E-state index contributed by atoms with van der Waals surface area (Å²) in [4.78, 5) is 19.6. The lowest BCUT2D eigenvalue weighted by molar-refractivity contribution is 0.0520. The molecule has 0 fully saturated rings. The number of hydrogen-bond acceptors (Lipinski definition) is 8. The second-order valence-corrected chi connectivity index (χ2v) is 9.08. The van der Waals surface area contributed by atoms with Gasteiger partial charge in [0, 0.05) is 25.7 Å². The standard InChI is InChI=1S/C26H31N7O2S/c1-5-7-16-33(24-22(25(34)35-6-2)27-26(36-4)32(24)3)17-18-12-14-19(15-13-18)20-10-8-9-11-21(20)23-28-30-31-29-23/h8-15H,5-7,16-17H2,1-4H3,(H,28,29,30,31). The normalized spacial score (nSPS) is 11.0. The summed E-state index contributed by atoms with van der Waals surface area (Å²) in [7, 11) is 1.95. The highest BCUT2D eigenvalue weighted by atomic mass is 32.2. The van der Waals surface area contributed by atoms with Crippen molar-refractivity contribution < 1.29 is 9.53 Å². The van der Waals surface area contributed by atoms with Crippen LogP contribution in [-0.4, -0.2) is 55.6 Å². The number of unbranched alkanes of at least 4 members (excludes halogenated alkanes) is 1. The minimum Gasteiger partial charge on any atom is -0.461 e. The maximum absolute atomic E-state index is 12.8. The fourth-order valence-electron chi connectivity index (χ4n) is 4.18. The Bertz CT molecular complexity index is 1290. The Morgan fingerprint density at radius 1 is 1.11 bits per heavy atom. The van der Waals surface area contributed by atoms with Gasteiger partial charge in [-0.25, -0.2) is 9.78 Å². The number of carbonyl (C=O) groups is 1. The minimum absolute atomic E-state index is 0.311. The molecule has 0 saturated heterocycles. The minimum atomic E-state index is -0.390. The first-order chi connectivity index (χ1) is 17.6. The van der Waals surface area contributed by atoms with Gasteiger partial charge in [-0.2, -0.15) is 5.21 Å². The van der Waals surface area contributed by atoms with Crippen LogP contribution in [0.4, 0.5) is 5.82 Å². The number of H-pyrrole nitrogens is 1. The van der Waals surface area contributed by atoms with E-state index in [1.165, 1.54) is 11.8 Å². The number of hydrogen-bond donors (Lipinski definition) is 1. The Kier molecular flexibility index (Phi) is 8.37. The van der Waals surface area contributed by atoms with Crippen LogP contribution in [0.1, 0.15) is 42.7 Å². The van der Waals surface area contributed by atoms with Crippen LogP contribution in [0.25, 0.3) is 22.5 Å². The second kappa shape index (κ2) is 11.9. The zero-order valence-corrected chi connectivity index (χ0v) is 21.9. The molecule has 0 atom stereocenters. The number of ether oxygens (including phenoxy) is 1. The number of imidazole rings is 1. The van der Waals surface area contributed by atoms with E-state index in [0.29, 0.717) is 24.7 Å². The number of nitrogens with one attached hydrogen (secondary N) is 1. The number of anilines is 1. The van der Waals surface area contributed by atoms with Crippen LogP contribution in [-0.2, 0) is 18.3 Å². The molecule has 0 amide bonds. The topological polar surface area (TPSA) is 102 Å². The van der Waals surface area contributed by atoms with Crippen LogP contribution >= 0.6 is 11.8 Å². The molecule has 0 aliphatic rings. The predicted molar refractivity (Wildman–Crippen MR) is 142 cm³/mol. The highest BCUT2D eigenvalue weighted by molar-refractivity contribution is 7.98. The molecule has 2 heterocycles. The molecule has 2 aromatic carbocycles. The van der Waals surface area contributed by atoms with E-state index in [2.05, 4.69) is 67.8 Å². The van der Waals surface area contributed by atoms with Crippen molar-refractivity contribution in [1.82, 2.24) is 30.2 Å². The third-order valence-corrected chi connectivity index (χ3v) is 6.64. The fraction of sp³-hybridized carbons (Fsp3) is 0.346. The van der Waals surface area contributed by atoms with Crippen molar-refractivity contribution in [1.29, 1.82) is 0 Å². The maximum Gasteiger partial charge on any atom is 0.360 e. The van der Waals surface area contributed by atoms with E-state index in [9.17, 15) is 4.79 Å². The molecule has 0 unspecified atom stereocenters. The molecule has 4 aromatic rings. The van der Waals surface area contributed by atoms with Gasteiger partial charge in [0.1, 0.15) is 5.82 Å². The van der Waals surface area contributed by atoms with Gasteiger partial charge in [-0.1, -0.05) is 73.6 Å². The van der Waals surface area contributed by atoms with Crippen LogP contribution in [0, 0.1) is 0 Å². The second-order valence-electron chi connectivity index (χ2n) is 8.30. The van der Waals surface area contributed by atoms with Gasteiger partial charge < -0.3 is 14.2 Å². The molecule has 10 heteroatoms. The molecule has 0 saturated carbocycles. The Balaban J connectivity index is 1.65. The van der Waals surface area contributed by atoms with Crippen molar-refractivity contribution >= 4 is 23.5 Å². The molecule has 0 radical (unpaired) electrons. The zero-order valence-electron chi connectivity index (χ0n) is 21.1. The van der Waals surface area contributed by atoms with Gasteiger partial charge in [0.05, 0.1) is 6.61 Å². The van der Waals surface area contributed by atoms with Crippen LogP contribution in [0.2, 0.25) is 0 Å². The number of thioether (sulfide) groups is 1. The number of esters is 1. The van der Waals surface area contributed by atoms with E-state index >= 15 is 0 Å². The zero-order chi connectivity index (χ0) is 25.5. The molecule has 4 rings (SSSR count). The first-order valence-electron chi connectivity index (χ1n) is 12.0. The van der Waals surface area contributed by atoms with Crippen LogP contribution in [0.15, 0.2) is 53.7 Å². The van der Waals surface area contributed by atoms with Crippen molar-refractivity contribution in [2.24, 2.45) is 7.05 Å². The highest BCUT2D eigenvalue weighted by Crippen LogP contribution is 2.31. The molecule has 0 aliphatic carbocycles. The Hall–Kier alpha value is -3.66. The number of rotatable bonds is 11. The summed E-state index contributed by atoms with van der Waals surface area (Å²) < 4.78 is 7.31. The van der Waals surface area contributed by atoms with Crippen LogP contribution < -0.4 is 4.90 Å². The lowest BCUT2D eigenvalue weighted by Crippen LogP contribution is -2.28. The van der Waals surface area contributed by atoms with Gasteiger partial charge in [-0.3, -0.25) is 0 Å². The van der Waals surface area contributed by atoms with Crippen molar-refractivity contribution in [2.75, 3.05) is 24.3 Å². The smallest absolute Gasteiger partial charge is 0.360 e. The monoisotopic (exact) mass is 505 g/mol. The fourth-order valence-corrected chi connectivity index (χ4v) is 4.72. The Morgan fingerprint density at radius 3 is 2.50 bits per heavy atom. The number of aromatic nitrogens is 6. The lowest BCUT2D eigenvalue weighted by Gasteiger charge is -2.26. The molecule has 188 valence electrons. The van der Waals surface area contributed by atoms with Gasteiger partial charge in [0.25, 0.3) is 0 Å². The molecular weight excluding hydrogens is 474 g/mol. The SMILES string of the molecule is CCCCN(Cc1ccc(-c2ccccc2-c2nn[nH]n2)cc1)c1c(C(=O)OCC)nc(SC)n1C. The van der Waals surface area contributed by atoms with Gasteiger partial charge in [-0.05, 0) is 41.5 Å². The third kappa shape index (κ3) is 5.43. The maximum atomic E-state index is 12.8. The average molecular weight is 506 g/mol. The van der Waals surface area contributed by atoms with E-state index in [1.54, 1.807) is 0 Å². The van der Waals surface area contributed by atoms with Crippen molar-refractivity contribution in [3.8, 4) is 22.5 Å². The summed E-state index contributed by atoms with van der Waals surface area (Å²) in [6.45, 7) is 5.73. The molecule has 0 aliphatic heterocycles. The molecule has 0 spiro atoms. The first kappa shape index (κ1) is 25.4. The van der Waals surface area contributed by atoms with Crippen LogP contribution in [0.3, 0.4) is 0 Å².